The summed E-state index contributed by atoms with van der Waals surface area (Å²) in [5, 5.41) is 19.9. The number of hydrogen-bond acceptors (Lipinski definition) is 4. The Morgan fingerprint density at radius 1 is 1.44 bits per heavy atom. The van der Waals surface area contributed by atoms with Crippen LogP contribution in [-0.2, 0) is 5.75 Å². The van der Waals surface area contributed by atoms with E-state index in [4.69, 9.17) is 11.6 Å². The number of thioether (sulfide) groups is 1. The third-order valence-corrected chi connectivity index (χ3v) is 4.33. The van der Waals surface area contributed by atoms with E-state index >= 15 is 0 Å². The Hall–Kier alpha value is -0.710. The molecule has 100 valence electrons. The predicted octanol–water partition coefficient (Wildman–Crippen LogP) is 3.25. The Bertz CT molecular complexity index is 446. The molecule has 0 amide bonds. The second-order valence-electron chi connectivity index (χ2n) is 4.27. The van der Waals surface area contributed by atoms with Gasteiger partial charge in [0.15, 0.2) is 5.78 Å². The molecule has 1 rings (SSSR count). The van der Waals surface area contributed by atoms with Gasteiger partial charge >= 0.3 is 0 Å². The Balaban J connectivity index is 2.92. The number of benzene rings is 1. The van der Waals surface area contributed by atoms with E-state index in [2.05, 4.69) is 0 Å². The maximum absolute atomic E-state index is 11.4. The summed E-state index contributed by atoms with van der Waals surface area (Å²) in [5.41, 5.74) is 0.855. The lowest BCUT2D eigenvalue weighted by Crippen LogP contribution is -2.15. The van der Waals surface area contributed by atoms with E-state index in [9.17, 15) is 15.0 Å². The Kier molecular flexibility index (Phi) is 5.50. The van der Waals surface area contributed by atoms with Crippen LogP contribution < -0.4 is 0 Å². The molecule has 1 aromatic carbocycles. The summed E-state index contributed by atoms with van der Waals surface area (Å²) in [5.74, 6) is 0.265. The number of aromatic hydroxyl groups is 1. The van der Waals surface area contributed by atoms with Crippen molar-refractivity contribution in [3.05, 3.63) is 28.3 Å². The maximum atomic E-state index is 11.4. The van der Waals surface area contributed by atoms with Crippen molar-refractivity contribution in [1.29, 1.82) is 0 Å². The molecule has 0 aromatic heterocycles. The zero-order valence-corrected chi connectivity index (χ0v) is 12.2. The van der Waals surface area contributed by atoms with Crippen LogP contribution >= 0.6 is 23.4 Å². The average Bonchev–Trinajstić information content (AvgIpc) is 2.28. The molecule has 0 heterocycles. The van der Waals surface area contributed by atoms with Crippen molar-refractivity contribution >= 4 is 29.1 Å². The van der Waals surface area contributed by atoms with E-state index in [1.807, 2.05) is 6.92 Å². The number of rotatable bonds is 5. The Labute approximate surface area is 116 Å². The van der Waals surface area contributed by atoms with Gasteiger partial charge in [-0.1, -0.05) is 18.5 Å². The standard InChI is InChI=1S/C13H17ClO3S/c1-7(15)9(3)18-6-10-4-11(14)5-12(8(2)16)13(10)17/h4-5,7,9,15,17H,6H2,1-3H3. The fourth-order valence-electron chi connectivity index (χ4n) is 1.39. The van der Waals surface area contributed by atoms with Crippen LogP contribution in [0.2, 0.25) is 5.02 Å². The molecule has 0 bridgehead atoms. The molecular weight excluding hydrogens is 272 g/mol. The molecule has 0 fully saturated rings. The zero-order chi connectivity index (χ0) is 13.9. The number of ketones is 1. The van der Waals surface area contributed by atoms with E-state index in [1.165, 1.54) is 24.8 Å². The van der Waals surface area contributed by atoms with Crippen LogP contribution in [0, 0.1) is 0 Å². The van der Waals surface area contributed by atoms with Gasteiger partial charge in [0.1, 0.15) is 5.75 Å². The zero-order valence-electron chi connectivity index (χ0n) is 10.6. The number of phenols is 1. The van der Waals surface area contributed by atoms with Crippen LogP contribution in [0.4, 0.5) is 0 Å². The first-order valence-corrected chi connectivity index (χ1v) is 7.07. The SMILES string of the molecule is CC(=O)c1cc(Cl)cc(CSC(C)C(C)O)c1O. The number of aliphatic hydroxyl groups excluding tert-OH is 1. The fourth-order valence-corrected chi connectivity index (χ4v) is 2.58. The number of carbonyl (C=O) groups is 1. The van der Waals surface area contributed by atoms with Crippen molar-refractivity contribution in [3.8, 4) is 5.75 Å². The largest absolute Gasteiger partial charge is 0.507 e. The van der Waals surface area contributed by atoms with Crippen LogP contribution in [0.15, 0.2) is 12.1 Å². The van der Waals surface area contributed by atoms with Crippen molar-refractivity contribution < 1.29 is 15.0 Å². The lowest BCUT2D eigenvalue weighted by atomic mass is 10.1. The van der Waals surface area contributed by atoms with E-state index in [-0.39, 0.29) is 22.3 Å². The van der Waals surface area contributed by atoms with Crippen molar-refractivity contribution in [1.82, 2.24) is 0 Å². The summed E-state index contributed by atoms with van der Waals surface area (Å²) in [6, 6.07) is 3.11. The summed E-state index contributed by atoms with van der Waals surface area (Å²) in [6.07, 6.45) is -0.427. The lowest BCUT2D eigenvalue weighted by molar-refractivity contribution is 0.101. The Morgan fingerprint density at radius 2 is 2.06 bits per heavy atom. The molecule has 18 heavy (non-hydrogen) atoms. The molecule has 2 N–H and O–H groups in total. The third kappa shape index (κ3) is 3.90. The van der Waals surface area contributed by atoms with E-state index in [0.717, 1.165) is 0 Å². The molecular formula is C13H17ClO3S. The third-order valence-electron chi connectivity index (χ3n) is 2.71. The van der Waals surface area contributed by atoms with Gasteiger partial charge < -0.3 is 10.2 Å². The van der Waals surface area contributed by atoms with Gasteiger partial charge in [0.2, 0.25) is 0 Å². The van der Waals surface area contributed by atoms with Gasteiger partial charge in [-0.3, -0.25) is 4.79 Å². The molecule has 5 heteroatoms. The van der Waals surface area contributed by atoms with Gasteiger partial charge in [-0.05, 0) is 26.0 Å². The highest BCUT2D eigenvalue weighted by molar-refractivity contribution is 7.99. The van der Waals surface area contributed by atoms with Crippen LogP contribution in [0.25, 0.3) is 0 Å². The molecule has 0 radical (unpaired) electrons. The van der Waals surface area contributed by atoms with Crippen LogP contribution in [-0.4, -0.2) is 27.4 Å². The van der Waals surface area contributed by atoms with Gasteiger partial charge in [0.05, 0.1) is 11.7 Å². The molecule has 0 aliphatic rings. The second-order valence-corrected chi connectivity index (χ2v) is 6.08. The quantitative estimate of drug-likeness (QED) is 0.817. The smallest absolute Gasteiger partial charge is 0.163 e. The molecule has 0 spiro atoms. The summed E-state index contributed by atoms with van der Waals surface area (Å²) >= 11 is 7.42. The molecule has 2 unspecified atom stereocenters. The number of Topliss-reactive ketones (excluding diaryl/α,β-unsaturated/α-hetero) is 1. The van der Waals surface area contributed by atoms with Crippen LogP contribution in [0.1, 0.15) is 36.7 Å². The first kappa shape index (κ1) is 15.3. The fraction of sp³-hybridized carbons (Fsp3) is 0.462. The first-order valence-electron chi connectivity index (χ1n) is 5.65. The van der Waals surface area contributed by atoms with Crippen LogP contribution in [0.5, 0.6) is 5.75 Å². The number of halogens is 1. The van der Waals surface area contributed by atoms with Gasteiger partial charge in [0.25, 0.3) is 0 Å². The topological polar surface area (TPSA) is 57.5 Å². The van der Waals surface area contributed by atoms with Gasteiger partial charge in [-0.25, -0.2) is 0 Å². The second kappa shape index (κ2) is 6.45. The number of phenolic OH excluding ortho intramolecular Hbond substituents is 1. The summed E-state index contributed by atoms with van der Waals surface area (Å²) in [4.78, 5) is 11.4. The monoisotopic (exact) mass is 288 g/mol. The first-order chi connectivity index (χ1) is 8.32. The van der Waals surface area contributed by atoms with Crippen molar-refractivity contribution in [2.45, 2.75) is 37.9 Å². The lowest BCUT2D eigenvalue weighted by Gasteiger charge is -2.15. The minimum atomic E-state index is -0.427. The van der Waals surface area contributed by atoms with Crippen molar-refractivity contribution in [2.24, 2.45) is 0 Å². The van der Waals surface area contributed by atoms with Crippen molar-refractivity contribution in [3.63, 3.8) is 0 Å². The van der Waals surface area contributed by atoms with E-state index in [1.54, 1.807) is 13.0 Å². The maximum Gasteiger partial charge on any atom is 0.163 e. The van der Waals surface area contributed by atoms with Crippen molar-refractivity contribution in [2.75, 3.05) is 0 Å². The minimum absolute atomic E-state index is 0.0165. The normalized spacial score (nSPS) is 14.3. The minimum Gasteiger partial charge on any atom is -0.507 e. The molecule has 0 aliphatic carbocycles. The number of aliphatic hydroxyl groups is 1. The highest BCUT2D eigenvalue weighted by Crippen LogP contribution is 2.32. The van der Waals surface area contributed by atoms with E-state index < -0.39 is 6.10 Å². The molecule has 0 saturated carbocycles. The summed E-state index contributed by atoms with van der Waals surface area (Å²) in [7, 11) is 0. The van der Waals surface area contributed by atoms with E-state index in [0.29, 0.717) is 16.3 Å². The highest BCUT2D eigenvalue weighted by atomic mass is 35.5. The molecule has 0 saturated heterocycles. The van der Waals surface area contributed by atoms with Gasteiger partial charge in [-0.15, -0.1) is 0 Å². The molecule has 1 aromatic rings. The van der Waals surface area contributed by atoms with Crippen LogP contribution in [0.3, 0.4) is 0 Å². The number of carbonyl (C=O) groups excluding carboxylic acids is 1. The molecule has 3 nitrogen and oxygen atoms in total. The highest BCUT2D eigenvalue weighted by Gasteiger charge is 2.15. The average molecular weight is 289 g/mol. The molecule has 2 atom stereocenters. The Morgan fingerprint density at radius 3 is 2.56 bits per heavy atom. The van der Waals surface area contributed by atoms with Gasteiger partial charge in [0, 0.05) is 21.6 Å². The summed E-state index contributed by atoms with van der Waals surface area (Å²) < 4.78 is 0. The molecule has 0 aliphatic heterocycles. The predicted molar refractivity (Wildman–Crippen MR) is 75.6 cm³/mol. The van der Waals surface area contributed by atoms with Gasteiger partial charge in [-0.2, -0.15) is 11.8 Å². The summed E-state index contributed by atoms with van der Waals surface area (Å²) in [6.45, 7) is 5.01. The number of hydrogen-bond donors (Lipinski definition) is 2.